The third-order valence-electron chi connectivity index (χ3n) is 11.4. The van der Waals surface area contributed by atoms with Gasteiger partial charge in [0, 0.05) is 11.9 Å². The number of unbranched alkanes of at least 4 members (excludes halogenated alkanes) is 26. The maximum atomic E-state index is 10.1. The number of carboxylic acids is 2. The van der Waals surface area contributed by atoms with E-state index < -0.39 is 19.9 Å². The SMILES string of the molecule is CCCCCCCCCCCC(=O)[O-].CCCCCCCCCCCC(=O)[O-].CCCCCCC[CH2][Sn+2][CH2]CCCCCCC.c1ccc(P(c2ccccc2)c2ccccc2)cc1. The van der Waals surface area contributed by atoms with Crippen LogP contribution >= 0.6 is 7.92 Å². The monoisotopic (exact) mass is 1010 g/mol. The first-order valence-electron chi connectivity index (χ1n) is 26.5. The van der Waals surface area contributed by atoms with Crippen molar-refractivity contribution in [2.75, 3.05) is 0 Å². The van der Waals surface area contributed by atoms with E-state index in [2.05, 4.69) is 119 Å². The van der Waals surface area contributed by atoms with Gasteiger partial charge in [0.1, 0.15) is 0 Å². The van der Waals surface area contributed by atoms with Crippen LogP contribution < -0.4 is 26.1 Å². The molecule has 360 valence electrons. The Hall–Kier alpha value is -2.17. The number of hydrogen-bond acceptors (Lipinski definition) is 4. The van der Waals surface area contributed by atoms with Crippen LogP contribution in [0.1, 0.15) is 233 Å². The molecule has 4 nitrogen and oxygen atoms in total. The second-order valence-corrected chi connectivity index (χ2v) is 24.0. The summed E-state index contributed by atoms with van der Waals surface area (Å²) in [4.78, 5) is 20.2. The molecule has 0 aliphatic carbocycles. The maximum absolute atomic E-state index is 10.1. The maximum Gasteiger partial charge on any atom is -0.0134 e. The van der Waals surface area contributed by atoms with Gasteiger partial charge in [-0.3, -0.25) is 0 Å². The third-order valence-corrected chi connectivity index (χ3v) is 17.9. The number of carbonyl (C=O) groups is 2. The van der Waals surface area contributed by atoms with E-state index >= 15 is 0 Å². The molecule has 0 saturated heterocycles. The third kappa shape index (κ3) is 42.5. The molecule has 0 aromatic heterocycles. The van der Waals surface area contributed by atoms with Crippen LogP contribution in [0.25, 0.3) is 0 Å². The van der Waals surface area contributed by atoms with Gasteiger partial charge in [-0.25, -0.2) is 0 Å². The van der Waals surface area contributed by atoms with E-state index in [0.29, 0.717) is 0 Å². The van der Waals surface area contributed by atoms with Crippen LogP contribution in [-0.4, -0.2) is 33.1 Å². The predicted molar refractivity (Wildman–Crippen MR) is 281 cm³/mol. The molecule has 3 aromatic carbocycles. The molecule has 0 aliphatic heterocycles. The first-order valence-corrected chi connectivity index (χ1v) is 31.8. The average Bonchev–Trinajstić information content (AvgIpc) is 3.31. The molecule has 3 aromatic rings. The minimum Gasteiger partial charge on any atom is -0.0622 e. The molecule has 0 unspecified atom stereocenters. The molecule has 0 atom stereocenters. The molecule has 0 bridgehead atoms. The van der Waals surface area contributed by atoms with Crippen LogP contribution in [0.4, 0.5) is 0 Å². The van der Waals surface area contributed by atoms with Crippen molar-refractivity contribution in [1.82, 2.24) is 0 Å². The number of rotatable bonds is 37. The van der Waals surface area contributed by atoms with Crippen molar-refractivity contribution >= 4 is 56.9 Å². The molecule has 0 fully saturated rings. The van der Waals surface area contributed by atoms with E-state index in [1.54, 1.807) is 21.7 Å². The molecule has 0 amide bonds. The molecule has 0 heterocycles. The minimum atomic E-state index is -0.909. The van der Waals surface area contributed by atoms with Crippen molar-refractivity contribution in [3.63, 3.8) is 0 Å². The minimum absolute atomic E-state index is 0.0736. The summed E-state index contributed by atoms with van der Waals surface area (Å²) in [5.41, 5.74) is 0. The van der Waals surface area contributed by atoms with Crippen LogP contribution in [0.2, 0.25) is 8.87 Å². The Kier molecular flexibility index (Phi) is 48.5. The molecule has 0 radical (unpaired) electrons. The second kappa shape index (κ2) is 50.2. The van der Waals surface area contributed by atoms with Crippen molar-refractivity contribution < 1.29 is 19.8 Å². The van der Waals surface area contributed by atoms with E-state index in [1.165, 1.54) is 170 Å². The number of aliphatic carboxylic acids is 2. The first kappa shape index (κ1) is 61.8. The van der Waals surface area contributed by atoms with E-state index in [-0.39, 0.29) is 34.0 Å². The Labute approximate surface area is 407 Å². The van der Waals surface area contributed by atoms with Crippen LogP contribution in [0.5, 0.6) is 0 Å². The molecule has 6 heteroatoms. The summed E-state index contributed by atoms with van der Waals surface area (Å²) in [7, 11) is -0.446. The summed E-state index contributed by atoms with van der Waals surface area (Å²) in [5.74, 6) is -1.82. The van der Waals surface area contributed by atoms with Gasteiger partial charge in [0.2, 0.25) is 0 Å². The van der Waals surface area contributed by atoms with Crippen LogP contribution in [-0.2, 0) is 9.59 Å². The fourth-order valence-corrected chi connectivity index (χ4v) is 13.4. The predicted octanol–water partition coefficient (Wildman–Crippen LogP) is 15.0. The topological polar surface area (TPSA) is 80.3 Å². The summed E-state index contributed by atoms with van der Waals surface area (Å²) in [6.07, 6.45) is 40.2. The molecular formula is C58H95O4PSn. The average molecular weight is 1010 g/mol. The van der Waals surface area contributed by atoms with Crippen molar-refractivity contribution in [2.45, 2.75) is 242 Å². The van der Waals surface area contributed by atoms with Gasteiger partial charge in [0.05, 0.1) is 0 Å². The Bertz CT molecular complexity index is 1230. The Morgan fingerprint density at radius 3 is 0.797 bits per heavy atom. The molecule has 64 heavy (non-hydrogen) atoms. The van der Waals surface area contributed by atoms with Crippen molar-refractivity contribution in [3.8, 4) is 0 Å². The number of carboxylic acid groups (broad SMARTS) is 2. The zero-order chi connectivity index (χ0) is 46.8. The summed E-state index contributed by atoms with van der Waals surface area (Å²) < 4.78 is 3.31. The van der Waals surface area contributed by atoms with Gasteiger partial charge in [0.25, 0.3) is 0 Å². The Balaban J connectivity index is 0.000000836. The van der Waals surface area contributed by atoms with Gasteiger partial charge in [-0.15, -0.1) is 0 Å². The molecule has 0 N–H and O–H groups in total. The number of benzene rings is 3. The first-order chi connectivity index (χ1) is 31.4. The van der Waals surface area contributed by atoms with Gasteiger partial charge in [0.15, 0.2) is 0 Å². The van der Waals surface area contributed by atoms with Crippen LogP contribution in [0.15, 0.2) is 91.0 Å². The molecule has 3 rings (SSSR count). The summed E-state index contributed by atoms with van der Waals surface area (Å²) >= 11 is 0.0736. The van der Waals surface area contributed by atoms with Gasteiger partial charge in [-0.05, 0) is 49.5 Å². The Morgan fingerprint density at radius 2 is 0.562 bits per heavy atom. The van der Waals surface area contributed by atoms with Gasteiger partial charge in [-0.1, -0.05) is 208 Å². The molecule has 0 spiro atoms. The summed E-state index contributed by atoms with van der Waals surface area (Å²) in [6.45, 7) is 9.05. The van der Waals surface area contributed by atoms with Gasteiger partial charge in [-0.2, -0.15) is 0 Å². The molecular weight excluding hydrogens is 910 g/mol. The van der Waals surface area contributed by atoms with Gasteiger partial charge >= 0.3 is 121 Å². The fraction of sp³-hybridized carbons (Fsp3) is 0.655. The van der Waals surface area contributed by atoms with E-state index in [1.807, 2.05) is 0 Å². The van der Waals surface area contributed by atoms with Crippen LogP contribution in [0, 0.1) is 0 Å². The number of hydrogen-bond donors (Lipinski definition) is 0. The van der Waals surface area contributed by atoms with E-state index in [0.717, 1.165) is 25.7 Å². The van der Waals surface area contributed by atoms with Crippen LogP contribution in [0.3, 0.4) is 0 Å². The second-order valence-electron chi connectivity index (χ2n) is 17.5. The molecule has 0 aliphatic rings. The molecule has 0 saturated carbocycles. The fourth-order valence-electron chi connectivity index (χ4n) is 7.52. The smallest absolute Gasteiger partial charge is 0.0134 e. The van der Waals surface area contributed by atoms with Crippen molar-refractivity contribution in [3.05, 3.63) is 91.0 Å². The zero-order valence-electron chi connectivity index (χ0n) is 41.8. The summed E-state index contributed by atoms with van der Waals surface area (Å²) in [5, 5.41) is 24.4. The van der Waals surface area contributed by atoms with E-state index in [4.69, 9.17) is 0 Å². The van der Waals surface area contributed by atoms with Crippen molar-refractivity contribution in [2.24, 2.45) is 0 Å². The standard InChI is InChI=1S/C18H15P.2C12H24O2.2C8H17.Sn/c1-4-10-16(11-5-1)19(17-12-6-2-7-13-17)18-14-8-3-9-15-18;2*1-2-3-4-5-6-7-8-9-10-11-12(13)14;2*1-3-5-7-8-6-4-2;/h1-15H;2*2-11H2,1H3,(H,13,14);2*1,3-8H2,2H3;/q;;;;;+2/p-2. The largest absolute Gasteiger partial charge is 0.0622 e. The Morgan fingerprint density at radius 1 is 0.344 bits per heavy atom. The quantitative estimate of drug-likeness (QED) is 0.0327. The van der Waals surface area contributed by atoms with Gasteiger partial charge < -0.3 is 19.8 Å². The summed E-state index contributed by atoms with van der Waals surface area (Å²) in [6, 6.07) is 32.3. The number of carbonyl (C=O) groups excluding carboxylic acids is 2. The van der Waals surface area contributed by atoms with E-state index in [9.17, 15) is 19.8 Å². The normalized spacial score (nSPS) is 10.5. The zero-order valence-corrected chi connectivity index (χ0v) is 45.5. The van der Waals surface area contributed by atoms with Crippen molar-refractivity contribution in [1.29, 1.82) is 0 Å².